The monoisotopic (exact) mass is 324 g/mol. The van der Waals surface area contributed by atoms with Gasteiger partial charge in [0.2, 0.25) is 0 Å². The molecule has 0 atom stereocenters. The van der Waals surface area contributed by atoms with E-state index in [-0.39, 0.29) is 5.91 Å². The molecular formula is C21H28N2O. The summed E-state index contributed by atoms with van der Waals surface area (Å²) in [6, 6.07) is 11.4. The molecule has 3 heteroatoms. The maximum absolute atomic E-state index is 12.7. The molecule has 0 saturated heterocycles. The fourth-order valence-corrected chi connectivity index (χ4v) is 3.95. The van der Waals surface area contributed by atoms with Crippen LogP contribution in [0.4, 0.5) is 0 Å². The second-order valence-corrected chi connectivity index (χ2v) is 7.29. The van der Waals surface area contributed by atoms with Crippen molar-refractivity contribution < 1.29 is 4.79 Å². The highest BCUT2D eigenvalue weighted by Crippen LogP contribution is 2.32. The Morgan fingerprint density at radius 2 is 1.71 bits per heavy atom. The number of amides is 1. The third-order valence-electron chi connectivity index (χ3n) is 5.10. The SMILES string of the molecule is CC(C)N(CCNC(=O)c1ccc2c3c(cccc13)CC2)C(C)C. The van der Waals surface area contributed by atoms with E-state index in [9.17, 15) is 4.79 Å². The van der Waals surface area contributed by atoms with Gasteiger partial charge in [-0.1, -0.05) is 24.3 Å². The van der Waals surface area contributed by atoms with E-state index in [0.29, 0.717) is 18.6 Å². The molecule has 1 N–H and O–H groups in total. The smallest absolute Gasteiger partial charge is 0.251 e. The van der Waals surface area contributed by atoms with Crippen LogP contribution in [0.1, 0.15) is 49.2 Å². The summed E-state index contributed by atoms with van der Waals surface area (Å²) in [7, 11) is 0. The fourth-order valence-electron chi connectivity index (χ4n) is 3.95. The molecule has 0 spiro atoms. The van der Waals surface area contributed by atoms with Crippen LogP contribution in [0.2, 0.25) is 0 Å². The minimum Gasteiger partial charge on any atom is -0.351 e. The van der Waals surface area contributed by atoms with Crippen molar-refractivity contribution in [3.8, 4) is 0 Å². The number of nitrogens with zero attached hydrogens (tertiary/aromatic N) is 1. The van der Waals surface area contributed by atoms with Gasteiger partial charge in [0, 0.05) is 30.7 Å². The Labute approximate surface area is 145 Å². The van der Waals surface area contributed by atoms with E-state index < -0.39 is 0 Å². The van der Waals surface area contributed by atoms with Gasteiger partial charge < -0.3 is 5.32 Å². The molecule has 0 unspecified atom stereocenters. The quantitative estimate of drug-likeness (QED) is 0.877. The number of hydrogen-bond acceptors (Lipinski definition) is 2. The third-order valence-corrected chi connectivity index (χ3v) is 5.10. The molecule has 0 aromatic heterocycles. The van der Waals surface area contributed by atoms with Gasteiger partial charge in [-0.15, -0.1) is 0 Å². The molecule has 0 fully saturated rings. The van der Waals surface area contributed by atoms with Gasteiger partial charge in [0.25, 0.3) is 5.91 Å². The van der Waals surface area contributed by atoms with Crippen molar-refractivity contribution in [1.29, 1.82) is 0 Å². The summed E-state index contributed by atoms with van der Waals surface area (Å²) in [5, 5.41) is 5.51. The summed E-state index contributed by atoms with van der Waals surface area (Å²) in [4.78, 5) is 15.1. The molecule has 3 nitrogen and oxygen atoms in total. The first-order valence-corrected chi connectivity index (χ1v) is 9.06. The van der Waals surface area contributed by atoms with Crippen LogP contribution >= 0.6 is 0 Å². The van der Waals surface area contributed by atoms with E-state index in [2.05, 4.69) is 62.2 Å². The largest absolute Gasteiger partial charge is 0.351 e. The Balaban J connectivity index is 1.74. The molecule has 1 aliphatic carbocycles. The van der Waals surface area contributed by atoms with E-state index in [1.165, 1.54) is 16.5 Å². The van der Waals surface area contributed by atoms with Crippen LogP contribution < -0.4 is 5.32 Å². The lowest BCUT2D eigenvalue weighted by Gasteiger charge is -2.30. The van der Waals surface area contributed by atoms with Gasteiger partial charge in [-0.05, 0) is 68.5 Å². The molecule has 2 aromatic carbocycles. The van der Waals surface area contributed by atoms with Crippen LogP contribution in [-0.2, 0) is 12.8 Å². The van der Waals surface area contributed by atoms with Crippen molar-refractivity contribution in [3.63, 3.8) is 0 Å². The molecule has 0 radical (unpaired) electrons. The Morgan fingerprint density at radius 3 is 2.38 bits per heavy atom. The van der Waals surface area contributed by atoms with Gasteiger partial charge >= 0.3 is 0 Å². The molecule has 128 valence electrons. The van der Waals surface area contributed by atoms with Gasteiger partial charge in [-0.2, -0.15) is 0 Å². The highest BCUT2D eigenvalue weighted by atomic mass is 16.1. The molecular weight excluding hydrogens is 296 g/mol. The van der Waals surface area contributed by atoms with E-state index in [0.717, 1.165) is 30.3 Å². The first kappa shape index (κ1) is 17.0. The van der Waals surface area contributed by atoms with Crippen LogP contribution in [-0.4, -0.2) is 36.0 Å². The molecule has 0 heterocycles. The lowest BCUT2D eigenvalue weighted by Crippen LogP contribution is -2.42. The Hall–Kier alpha value is -1.87. The lowest BCUT2D eigenvalue weighted by atomic mass is 9.99. The molecule has 0 saturated carbocycles. The van der Waals surface area contributed by atoms with E-state index >= 15 is 0 Å². The molecule has 3 rings (SSSR count). The molecule has 1 amide bonds. The maximum Gasteiger partial charge on any atom is 0.251 e. The zero-order valence-electron chi connectivity index (χ0n) is 15.2. The number of hydrogen-bond donors (Lipinski definition) is 1. The molecule has 0 bridgehead atoms. The zero-order chi connectivity index (χ0) is 17.3. The van der Waals surface area contributed by atoms with Crippen molar-refractivity contribution in [1.82, 2.24) is 10.2 Å². The number of carbonyl (C=O) groups excluding carboxylic acids is 1. The topological polar surface area (TPSA) is 32.3 Å². The minimum atomic E-state index is 0.0399. The molecule has 0 aliphatic heterocycles. The summed E-state index contributed by atoms with van der Waals surface area (Å²) in [5.74, 6) is 0.0399. The van der Waals surface area contributed by atoms with Crippen molar-refractivity contribution in [2.45, 2.75) is 52.6 Å². The minimum absolute atomic E-state index is 0.0399. The van der Waals surface area contributed by atoms with Crippen molar-refractivity contribution in [2.75, 3.05) is 13.1 Å². The first-order chi connectivity index (χ1) is 11.5. The summed E-state index contributed by atoms with van der Waals surface area (Å²) in [6.45, 7) is 10.4. The average Bonchev–Trinajstić information content (AvgIpc) is 2.96. The number of carbonyl (C=O) groups is 1. The number of rotatable bonds is 6. The van der Waals surface area contributed by atoms with Gasteiger partial charge in [0.15, 0.2) is 0 Å². The normalized spacial score (nSPS) is 13.5. The number of nitrogens with one attached hydrogen (secondary N) is 1. The van der Waals surface area contributed by atoms with Crippen LogP contribution in [0.15, 0.2) is 30.3 Å². The second kappa shape index (κ2) is 6.94. The van der Waals surface area contributed by atoms with Crippen molar-refractivity contribution in [2.24, 2.45) is 0 Å². The van der Waals surface area contributed by atoms with Gasteiger partial charge in [-0.25, -0.2) is 0 Å². The molecule has 1 aliphatic rings. The standard InChI is InChI=1S/C21H28N2O/c1-14(2)23(15(3)4)13-12-22-21(24)19-11-10-17-9-8-16-6-5-7-18(19)20(16)17/h5-7,10-11,14-15H,8-9,12-13H2,1-4H3,(H,22,24). The predicted molar refractivity (Wildman–Crippen MR) is 101 cm³/mol. The highest BCUT2D eigenvalue weighted by Gasteiger charge is 2.19. The Morgan fingerprint density at radius 1 is 1.04 bits per heavy atom. The predicted octanol–water partition coefficient (Wildman–Crippen LogP) is 3.79. The van der Waals surface area contributed by atoms with Gasteiger partial charge in [-0.3, -0.25) is 9.69 Å². The van der Waals surface area contributed by atoms with Crippen molar-refractivity contribution in [3.05, 3.63) is 47.0 Å². The van der Waals surface area contributed by atoms with Gasteiger partial charge in [0.05, 0.1) is 0 Å². The maximum atomic E-state index is 12.7. The fraction of sp³-hybridized carbons (Fsp3) is 0.476. The zero-order valence-corrected chi connectivity index (χ0v) is 15.2. The van der Waals surface area contributed by atoms with Crippen LogP contribution in [0, 0.1) is 0 Å². The van der Waals surface area contributed by atoms with Crippen LogP contribution in [0.5, 0.6) is 0 Å². The summed E-state index contributed by atoms with van der Waals surface area (Å²) in [5.41, 5.74) is 3.56. The van der Waals surface area contributed by atoms with Crippen molar-refractivity contribution >= 4 is 16.7 Å². The number of benzene rings is 2. The molecule has 2 aromatic rings. The van der Waals surface area contributed by atoms with E-state index in [4.69, 9.17) is 0 Å². The number of aryl methyl sites for hydroxylation is 2. The summed E-state index contributed by atoms with van der Waals surface area (Å²) >= 11 is 0. The summed E-state index contributed by atoms with van der Waals surface area (Å²) < 4.78 is 0. The summed E-state index contributed by atoms with van der Waals surface area (Å²) in [6.07, 6.45) is 2.19. The van der Waals surface area contributed by atoms with Crippen LogP contribution in [0.25, 0.3) is 10.8 Å². The lowest BCUT2D eigenvalue weighted by molar-refractivity contribution is 0.0941. The highest BCUT2D eigenvalue weighted by molar-refractivity contribution is 6.09. The Bertz CT molecular complexity index is 731. The average molecular weight is 324 g/mol. The third kappa shape index (κ3) is 3.18. The Kier molecular flexibility index (Phi) is 4.91. The van der Waals surface area contributed by atoms with Gasteiger partial charge in [0.1, 0.15) is 0 Å². The van der Waals surface area contributed by atoms with Crippen LogP contribution in [0.3, 0.4) is 0 Å². The first-order valence-electron chi connectivity index (χ1n) is 9.06. The molecule has 24 heavy (non-hydrogen) atoms. The van der Waals surface area contributed by atoms with E-state index in [1.807, 2.05) is 6.07 Å². The second-order valence-electron chi connectivity index (χ2n) is 7.29. The van der Waals surface area contributed by atoms with E-state index in [1.54, 1.807) is 0 Å².